The number of amides is 2. The lowest BCUT2D eigenvalue weighted by Gasteiger charge is -2.31. The Morgan fingerprint density at radius 2 is 1.86 bits per heavy atom. The zero-order valence-corrected chi connectivity index (χ0v) is 17.2. The predicted octanol–water partition coefficient (Wildman–Crippen LogP) is 3.59. The molecule has 1 saturated heterocycles. The fourth-order valence-corrected chi connectivity index (χ4v) is 3.47. The van der Waals surface area contributed by atoms with E-state index < -0.39 is 0 Å². The molecule has 1 aromatic carbocycles. The Morgan fingerprint density at radius 1 is 1.18 bits per heavy atom. The third-order valence-corrected chi connectivity index (χ3v) is 5.36. The number of aromatic nitrogens is 1. The zero-order valence-electron chi connectivity index (χ0n) is 15.6. The molecule has 0 radical (unpaired) electrons. The highest BCUT2D eigenvalue weighted by Crippen LogP contribution is 2.21. The maximum absolute atomic E-state index is 12.4. The lowest BCUT2D eigenvalue weighted by molar-refractivity contribution is -0.134. The van der Waals surface area contributed by atoms with Gasteiger partial charge in [-0.2, -0.15) is 0 Å². The van der Waals surface area contributed by atoms with E-state index >= 15 is 0 Å². The van der Waals surface area contributed by atoms with Gasteiger partial charge in [-0.3, -0.25) is 14.4 Å². The van der Waals surface area contributed by atoms with Crippen molar-refractivity contribution in [2.45, 2.75) is 32.6 Å². The van der Waals surface area contributed by atoms with Gasteiger partial charge in [0.25, 0.3) is 0 Å². The summed E-state index contributed by atoms with van der Waals surface area (Å²) >= 11 is 3.33. The molecule has 1 aliphatic rings. The summed E-state index contributed by atoms with van der Waals surface area (Å²) in [7, 11) is 0. The van der Waals surface area contributed by atoms with Gasteiger partial charge in [0.05, 0.1) is 0 Å². The van der Waals surface area contributed by atoms with Crippen LogP contribution in [-0.4, -0.2) is 40.7 Å². The van der Waals surface area contributed by atoms with Crippen molar-refractivity contribution in [2.75, 3.05) is 18.4 Å². The molecule has 2 heterocycles. The monoisotopic (exact) mass is 447 g/mol. The molecule has 0 unspecified atom stereocenters. The smallest absolute Gasteiger partial charge is 0.228 e. The van der Waals surface area contributed by atoms with Gasteiger partial charge in [-0.1, -0.05) is 33.2 Å². The minimum Gasteiger partial charge on any atom is -0.360 e. The van der Waals surface area contributed by atoms with Gasteiger partial charge in [-0.05, 0) is 31.9 Å². The first-order chi connectivity index (χ1) is 13.4. The van der Waals surface area contributed by atoms with Gasteiger partial charge >= 0.3 is 0 Å². The summed E-state index contributed by atoms with van der Waals surface area (Å²) in [4.78, 5) is 38.6. The molecule has 1 aliphatic heterocycles. The minimum atomic E-state index is -0.162. The number of ketones is 1. The molecule has 0 saturated carbocycles. The molecule has 0 spiro atoms. The maximum Gasteiger partial charge on any atom is 0.228 e. The van der Waals surface area contributed by atoms with Gasteiger partial charge in [0.15, 0.2) is 11.6 Å². The van der Waals surface area contributed by atoms with Crippen molar-refractivity contribution in [2.24, 2.45) is 5.92 Å². The Balaban J connectivity index is 1.42. The Bertz CT molecular complexity index is 855. The van der Waals surface area contributed by atoms with E-state index in [-0.39, 0.29) is 36.4 Å². The number of halogens is 1. The highest BCUT2D eigenvalue weighted by atomic mass is 79.9. The number of aryl methyl sites for hydroxylation is 1. The molecule has 1 fully saturated rings. The third kappa shape index (κ3) is 5.28. The van der Waals surface area contributed by atoms with Crippen LogP contribution in [-0.2, 0) is 9.59 Å². The van der Waals surface area contributed by atoms with E-state index in [4.69, 9.17) is 4.52 Å². The number of rotatable bonds is 6. The highest BCUT2D eigenvalue weighted by Gasteiger charge is 2.28. The van der Waals surface area contributed by atoms with Crippen LogP contribution in [0.4, 0.5) is 5.82 Å². The summed E-state index contributed by atoms with van der Waals surface area (Å²) in [5.41, 5.74) is 0.606. The number of benzene rings is 1. The molecular formula is C20H22BrN3O4. The van der Waals surface area contributed by atoms with E-state index in [0.29, 0.717) is 43.1 Å². The first kappa shape index (κ1) is 20.3. The van der Waals surface area contributed by atoms with Crippen LogP contribution in [0.5, 0.6) is 0 Å². The van der Waals surface area contributed by atoms with E-state index in [9.17, 15) is 14.4 Å². The fourth-order valence-electron chi connectivity index (χ4n) is 3.20. The molecule has 148 valence electrons. The Hall–Kier alpha value is -2.48. The SMILES string of the molecule is Cc1cc(NC(=O)C2CCN(C(=O)CCC(=O)c3ccc(Br)cc3)CC2)no1. The van der Waals surface area contributed by atoms with Crippen molar-refractivity contribution >= 4 is 39.3 Å². The van der Waals surface area contributed by atoms with Gasteiger partial charge < -0.3 is 14.7 Å². The van der Waals surface area contributed by atoms with Crippen LogP contribution in [0, 0.1) is 12.8 Å². The molecule has 0 atom stereocenters. The molecule has 2 aromatic rings. The van der Waals surface area contributed by atoms with Crippen LogP contribution in [0.15, 0.2) is 39.3 Å². The molecule has 0 bridgehead atoms. The molecule has 8 heteroatoms. The second-order valence-corrected chi connectivity index (χ2v) is 7.81. The summed E-state index contributed by atoms with van der Waals surface area (Å²) in [6, 6.07) is 8.78. The summed E-state index contributed by atoms with van der Waals surface area (Å²) < 4.78 is 5.85. The van der Waals surface area contributed by atoms with Crippen LogP contribution in [0.1, 0.15) is 41.8 Å². The lowest BCUT2D eigenvalue weighted by atomic mass is 9.95. The molecule has 7 nitrogen and oxygen atoms in total. The van der Waals surface area contributed by atoms with Gasteiger partial charge in [-0.25, -0.2) is 0 Å². The van der Waals surface area contributed by atoms with Crippen LogP contribution in [0.25, 0.3) is 0 Å². The topological polar surface area (TPSA) is 92.5 Å². The minimum absolute atomic E-state index is 0.0435. The molecule has 0 aliphatic carbocycles. The maximum atomic E-state index is 12.4. The number of anilines is 1. The largest absolute Gasteiger partial charge is 0.360 e. The van der Waals surface area contributed by atoms with E-state index in [1.165, 1.54) is 0 Å². The molecule has 1 N–H and O–H groups in total. The van der Waals surface area contributed by atoms with E-state index in [1.54, 1.807) is 30.0 Å². The van der Waals surface area contributed by atoms with Crippen LogP contribution in [0.2, 0.25) is 0 Å². The van der Waals surface area contributed by atoms with Crippen molar-refractivity contribution < 1.29 is 18.9 Å². The Morgan fingerprint density at radius 3 is 2.46 bits per heavy atom. The van der Waals surface area contributed by atoms with Gasteiger partial charge in [0, 0.05) is 48.0 Å². The lowest BCUT2D eigenvalue weighted by Crippen LogP contribution is -2.41. The highest BCUT2D eigenvalue weighted by molar-refractivity contribution is 9.10. The van der Waals surface area contributed by atoms with Gasteiger partial charge in [0.2, 0.25) is 11.8 Å². The van der Waals surface area contributed by atoms with Crippen molar-refractivity contribution in [3.8, 4) is 0 Å². The van der Waals surface area contributed by atoms with Crippen LogP contribution >= 0.6 is 15.9 Å². The second-order valence-electron chi connectivity index (χ2n) is 6.90. The number of hydrogen-bond donors (Lipinski definition) is 1. The number of Topliss-reactive ketones (excluding diaryl/α,β-unsaturated/α-hetero) is 1. The second kappa shape index (κ2) is 9.14. The van der Waals surface area contributed by atoms with Crippen molar-refractivity contribution in [1.82, 2.24) is 10.1 Å². The van der Waals surface area contributed by atoms with E-state index in [2.05, 4.69) is 26.4 Å². The van der Waals surface area contributed by atoms with Crippen molar-refractivity contribution in [1.29, 1.82) is 0 Å². The molecule has 28 heavy (non-hydrogen) atoms. The summed E-state index contributed by atoms with van der Waals surface area (Å²) in [6.45, 7) is 2.79. The van der Waals surface area contributed by atoms with Gasteiger partial charge in [-0.15, -0.1) is 0 Å². The van der Waals surface area contributed by atoms with E-state index in [1.807, 2.05) is 12.1 Å². The Labute approximate surface area is 171 Å². The molecule has 2 amide bonds. The molecule has 3 rings (SSSR count). The fraction of sp³-hybridized carbons (Fsp3) is 0.400. The van der Waals surface area contributed by atoms with E-state index in [0.717, 1.165) is 4.47 Å². The van der Waals surface area contributed by atoms with Crippen LogP contribution < -0.4 is 5.32 Å². The summed E-state index contributed by atoms with van der Waals surface area (Å²) in [5.74, 6) is 0.687. The number of likely N-dealkylation sites (tertiary alicyclic amines) is 1. The standard InChI is InChI=1S/C20H22BrN3O4/c1-13-12-18(23-28-13)22-20(27)15-8-10-24(11-9-15)19(26)7-6-17(25)14-2-4-16(21)5-3-14/h2-5,12,15H,6-11H2,1H3,(H,22,23,27). The quantitative estimate of drug-likeness (QED) is 0.682. The average molecular weight is 448 g/mol. The average Bonchev–Trinajstić information content (AvgIpc) is 3.11. The van der Waals surface area contributed by atoms with Crippen molar-refractivity contribution in [3.05, 3.63) is 46.1 Å². The van der Waals surface area contributed by atoms with Crippen molar-refractivity contribution in [3.63, 3.8) is 0 Å². The van der Waals surface area contributed by atoms with Crippen LogP contribution in [0.3, 0.4) is 0 Å². The Kier molecular flexibility index (Phi) is 6.61. The number of carbonyl (C=O) groups excluding carboxylic acids is 3. The number of piperidine rings is 1. The molecule has 1 aromatic heterocycles. The number of carbonyl (C=O) groups is 3. The first-order valence-corrected chi connectivity index (χ1v) is 10.0. The third-order valence-electron chi connectivity index (χ3n) is 4.83. The number of nitrogens with zero attached hydrogens (tertiary/aromatic N) is 2. The summed E-state index contributed by atoms with van der Waals surface area (Å²) in [6.07, 6.45) is 1.56. The molecular weight excluding hydrogens is 426 g/mol. The van der Waals surface area contributed by atoms with Gasteiger partial charge in [0.1, 0.15) is 5.76 Å². The zero-order chi connectivity index (χ0) is 20.1. The number of hydrogen-bond acceptors (Lipinski definition) is 5. The number of nitrogens with one attached hydrogen (secondary N) is 1. The predicted molar refractivity (Wildman–Crippen MR) is 107 cm³/mol. The normalized spacial score (nSPS) is 14.7. The summed E-state index contributed by atoms with van der Waals surface area (Å²) in [5, 5.41) is 6.50. The first-order valence-electron chi connectivity index (χ1n) is 9.23.